The summed E-state index contributed by atoms with van der Waals surface area (Å²) in [5.41, 5.74) is 3.56. The smallest absolute Gasteiger partial charge is 0.125 e. The Morgan fingerprint density at radius 1 is 1.11 bits per heavy atom. The van der Waals surface area contributed by atoms with Gasteiger partial charge in [0.05, 0.1) is 12.8 Å². The lowest BCUT2D eigenvalue weighted by atomic mass is 10.1. The van der Waals surface area contributed by atoms with E-state index in [1.54, 1.807) is 17.6 Å². The minimum atomic E-state index is 0.710. The van der Waals surface area contributed by atoms with Crippen molar-refractivity contribution >= 4 is 17.0 Å². The highest BCUT2D eigenvalue weighted by molar-refractivity contribution is 7.13. The number of anilines is 1. The highest BCUT2D eigenvalue weighted by Gasteiger charge is 2.07. The molecule has 3 rings (SSSR count). The first-order valence-corrected chi connectivity index (χ1v) is 7.12. The van der Waals surface area contributed by atoms with Crippen molar-refractivity contribution in [2.24, 2.45) is 0 Å². The lowest BCUT2D eigenvalue weighted by Crippen LogP contribution is -2.00. The number of nitrogens with one attached hydrogen (secondary N) is 1. The lowest BCUT2D eigenvalue weighted by molar-refractivity contribution is 0.515. The summed E-state index contributed by atoms with van der Waals surface area (Å²) in [6.07, 6.45) is 1.73. The molecular formula is C16H15NOS. The van der Waals surface area contributed by atoms with E-state index in [0.29, 0.717) is 6.54 Å². The lowest BCUT2D eigenvalue weighted by Gasteiger charge is -2.10. The number of rotatable bonds is 4. The summed E-state index contributed by atoms with van der Waals surface area (Å²) in [5, 5.41) is 5.56. The molecule has 0 amide bonds. The number of para-hydroxylation sites is 1. The molecule has 0 saturated heterocycles. The van der Waals surface area contributed by atoms with Crippen LogP contribution in [0.3, 0.4) is 0 Å². The van der Waals surface area contributed by atoms with Crippen LogP contribution < -0.4 is 5.32 Å². The van der Waals surface area contributed by atoms with Gasteiger partial charge < -0.3 is 9.73 Å². The van der Waals surface area contributed by atoms with Crippen molar-refractivity contribution in [3.8, 4) is 10.4 Å². The van der Waals surface area contributed by atoms with Gasteiger partial charge >= 0.3 is 0 Å². The van der Waals surface area contributed by atoms with Crippen molar-refractivity contribution in [3.63, 3.8) is 0 Å². The van der Waals surface area contributed by atoms with E-state index in [0.717, 1.165) is 11.4 Å². The van der Waals surface area contributed by atoms with Crippen molar-refractivity contribution in [1.29, 1.82) is 0 Å². The highest BCUT2D eigenvalue weighted by Crippen LogP contribution is 2.31. The second-order valence-electron chi connectivity index (χ2n) is 4.40. The van der Waals surface area contributed by atoms with E-state index >= 15 is 0 Å². The molecule has 0 atom stereocenters. The fraction of sp³-hybridized carbons (Fsp3) is 0.125. The number of benzene rings is 1. The molecule has 2 nitrogen and oxygen atoms in total. The van der Waals surface area contributed by atoms with E-state index in [1.165, 1.54) is 16.0 Å². The standard InChI is InChI=1S/C16H15NOS/c1-12-8-9-18-15(12)11-17-14-6-3-2-5-13(14)16-7-4-10-19-16/h2-10,17H,11H2,1H3. The zero-order valence-electron chi connectivity index (χ0n) is 10.7. The van der Waals surface area contributed by atoms with Gasteiger partial charge in [-0.3, -0.25) is 0 Å². The molecule has 1 aromatic carbocycles. The highest BCUT2D eigenvalue weighted by atomic mass is 32.1. The van der Waals surface area contributed by atoms with E-state index in [4.69, 9.17) is 4.42 Å². The third-order valence-corrected chi connectivity index (χ3v) is 4.02. The monoisotopic (exact) mass is 269 g/mol. The summed E-state index contributed by atoms with van der Waals surface area (Å²) in [6, 6.07) is 14.6. The van der Waals surface area contributed by atoms with Crippen LogP contribution in [0.15, 0.2) is 58.5 Å². The van der Waals surface area contributed by atoms with Crippen molar-refractivity contribution in [1.82, 2.24) is 0 Å². The van der Waals surface area contributed by atoms with Crippen LogP contribution in [0.1, 0.15) is 11.3 Å². The quantitative estimate of drug-likeness (QED) is 0.726. The summed E-state index contributed by atoms with van der Waals surface area (Å²) in [6.45, 7) is 2.77. The summed E-state index contributed by atoms with van der Waals surface area (Å²) < 4.78 is 5.46. The average molecular weight is 269 g/mol. The molecule has 0 unspecified atom stereocenters. The Bertz CT molecular complexity index is 655. The molecule has 0 aliphatic carbocycles. The molecule has 0 fully saturated rings. The predicted octanol–water partition coefficient (Wildman–Crippen LogP) is 4.93. The van der Waals surface area contributed by atoms with E-state index in [2.05, 4.69) is 54.0 Å². The molecule has 0 saturated carbocycles. The van der Waals surface area contributed by atoms with Crippen molar-refractivity contribution in [2.75, 3.05) is 5.32 Å². The van der Waals surface area contributed by atoms with Crippen LogP contribution in [-0.4, -0.2) is 0 Å². The van der Waals surface area contributed by atoms with Gasteiger partial charge in [-0.25, -0.2) is 0 Å². The topological polar surface area (TPSA) is 25.2 Å². The average Bonchev–Trinajstić information content (AvgIpc) is 3.08. The van der Waals surface area contributed by atoms with Crippen molar-refractivity contribution in [3.05, 3.63) is 65.4 Å². The van der Waals surface area contributed by atoms with Crippen molar-refractivity contribution in [2.45, 2.75) is 13.5 Å². The normalized spacial score (nSPS) is 10.6. The number of furan rings is 1. The predicted molar refractivity (Wildman–Crippen MR) is 80.5 cm³/mol. The molecule has 0 bridgehead atoms. The van der Waals surface area contributed by atoms with E-state index < -0.39 is 0 Å². The molecule has 0 radical (unpaired) electrons. The summed E-state index contributed by atoms with van der Waals surface area (Å²) in [4.78, 5) is 1.28. The van der Waals surface area contributed by atoms with Gasteiger partial charge in [0, 0.05) is 16.1 Å². The zero-order chi connectivity index (χ0) is 13.1. The zero-order valence-corrected chi connectivity index (χ0v) is 11.5. The molecule has 3 aromatic rings. The molecule has 19 heavy (non-hydrogen) atoms. The first-order valence-electron chi connectivity index (χ1n) is 6.24. The molecule has 2 heterocycles. The summed E-state index contributed by atoms with van der Waals surface area (Å²) in [5.74, 6) is 0.987. The van der Waals surface area contributed by atoms with E-state index in [1.807, 2.05) is 6.07 Å². The third kappa shape index (κ3) is 2.56. The number of aryl methyl sites for hydroxylation is 1. The molecule has 3 heteroatoms. The minimum Gasteiger partial charge on any atom is -0.467 e. The molecule has 96 valence electrons. The molecular weight excluding hydrogens is 254 g/mol. The number of hydrogen-bond acceptors (Lipinski definition) is 3. The van der Waals surface area contributed by atoms with Gasteiger partial charge in [-0.05, 0) is 36.1 Å². The molecule has 2 aromatic heterocycles. The molecule has 0 aliphatic rings. The number of hydrogen-bond donors (Lipinski definition) is 1. The Morgan fingerprint density at radius 3 is 2.74 bits per heavy atom. The molecule has 1 N–H and O–H groups in total. The second-order valence-corrected chi connectivity index (χ2v) is 5.35. The fourth-order valence-electron chi connectivity index (χ4n) is 2.04. The van der Waals surface area contributed by atoms with Gasteiger partial charge in [0.25, 0.3) is 0 Å². The van der Waals surface area contributed by atoms with Gasteiger partial charge in [0.1, 0.15) is 5.76 Å². The second kappa shape index (κ2) is 5.33. The van der Waals surface area contributed by atoms with Crippen LogP contribution in [-0.2, 0) is 6.54 Å². The molecule has 0 aliphatic heterocycles. The third-order valence-electron chi connectivity index (χ3n) is 3.12. The van der Waals surface area contributed by atoms with Crippen molar-refractivity contribution < 1.29 is 4.42 Å². The van der Waals surface area contributed by atoms with Crippen LogP contribution in [0.2, 0.25) is 0 Å². The maximum Gasteiger partial charge on any atom is 0.125 e. The van der Waals surface area contributed by atoms with E-state index in [-0.39, 0.29) is 0 Å². The Morgan fingerprint density at radius 2 is 2.00 bits per heavy atom. The maximum atomic E-state index is 5.46. The Hall–Kier alpha value is -2.00. The van der Waals surface area contributed by atoms with Gasteiger partial charge in [-0.1, -0.05) is 24.3 Å². The van der Waals surface area contributed by atoms with Crippen LogP contribution in [0, 0.1) is 6.92 Å². The maximum absolute atomic E-state index is 5.46. The Balaban J connectivity index is 1.84. The van der Waals surface area contributed by atoms with Gasteiger partial charge in [-0.15, -0.1) is 11.3 Å². The van der Waals surface area contributed by atoms with Crippen LogP contribution >= 0.6 is 11.3 Å². The van der Waals surface area contributed by atoms with E-state index in [9.17, 15) is 0 Å². The first-order chi connectivity index (χ1) is 9.34. The first kappa shape index (κ1) is 12.1. The summed E-state index contributed by atoms with van der Waals surface area (Å²) in [7, 11) is 0. The number of thiophene rings is 1. The SMILES string of the molecule is Cc1ccoc1CNc1ccccc1-c1cccs1. The Labute approximate surface area is 116 Å². The van der Waals surface area contributed by atoms with Gasteiger partial charge in [-0.2, -0.15) is 0 Å². The van der Waals surface area contributed by atoms with Gasteiger partial charge in [0.2, 0.25) is 0 Å². The molecule has 0 spiro atoms. The van der Waals surface area contributed by atoms with Gasteiger partial charge in [0.15, 0.2) is 0 Å². The largest absolute Gasteiger partial charge is 0.467 e. The summed E-state index contributed by atoms with van der Waals surface area (Å²) >= 11 is 1.75. The Kier molecular flexibility index (Phi) is 3.38. The van der Waals surface area contributed by atoms with Crippen LogP contribution in [0.25, 0.3) is 10.4 Å². The van der Waals surface area contributed by atoms with Crippen LogP contribution in [0.5, 0.6) is 0 Å². The van der Waals surface area contributed by atoms with Crippen LogP contribution in [0.4, 0.5) is 5.69 Å². The fourth-order valence-corrected chi connectivity index (χ4v) is 2.81. The minimum absolute atomic E-state index is 0.710.